The van der Waals surface area contributed by atoms with Crippen LogP contribution >= 0.6 is 0 Å². The highest BCUT2D eigenvalue weighted by Crippen LogP contribution is 2.18. The minimum absolute atomic E-state index is 0.00184. The molecule has 2 aromatic rings. The van der Waals surface area contributed by atoms with Gasteiger partial charge in [-0.05, 0) is 50.2 Å². The van der Waals surface area contributed by atoms with E-state index < -0.39 is 0 Å². The lowest BCUT2D eigenvalue weighted by Gasteiger charge is -2.21. The molecule has 0 aliphatic carbocycles. The van der Waals surface area contributed by atoms with Crippen LogP contribution in [0.25, 0.3) is 0 Å². The number of furan rings is 1. The van der Waals surface area contributed by atoms with Gasteiger partial charge in [0.1, 0.15) is 5.76 Å². The van der Waals surface area contributed by atoms with Gasteiger partial charge in [-0.15, -0.1) is 0 Å². The summed E-state index contributed by atoms with van der Waals surface area (Å²) in [4.78, 5) is 14.1. The molecule has 21 heavy (non-hydrogen) atoms. The first-order valence-electron chi connectivity index (χ1n) is 7.40. The molecule has 112 valence electrons. The number of rotatable bonds is 7. The van der Waals surface area contributed by atoms with Crippen molar-refractivity contribution in [1.82, 2.24) is 0 Å². The number of nitrogens with one attached hydrogen (secondary N) is 1. The van der Waals surface area contributed by atoms with Crippen molar-refractivity contribution in [1.29, 1.82) is 0 Å². The highest BCUT2D eigenvalue weighted by atomic mass is 16.3. The van der Waals surface area contributed by atoms with E-state index in [0.29, 0.717) is 12.8 Å². The Labute approximate surface area is 125 Å². The average Bonchev–Trinajstić information content (AvgIpc) is 3.01. The van der Waals surface area contributed by atoms with Crippen LogP contribution in [0.4, 0.5) is 11.4 Å². The zero-order chi connectivity index (χ0) is 15.1. The third kappa shape index (κ3) is 4.38. The van der Waals surface area contributed by atoms with Crippen molar-refractivity contribution in [3.8, 4) is 0 Å². The Balaban J connectivity index is 1.86. The molecule has 2 rings (SSSR count). The Hall–Kier alpha value is -2.23. The Kier molecular flexibility index (Phi) is 5.43. The van der Waals surface area contributed by atoms with Gasteiger partial charge in [0, 0.05) is 37.3 Å². The third-order valence-electron chi connectivity index (χ3n) is 3.46. The van der Waals surface area contributed by atoms with Gasteiger partial charge in [-0.1, -0.05) is 0 Å². The summed E-state index contributed by atoms with van der Waals surface area (Å²) in [5, 5.41) is 2.91. The van der Waals surface area contributed by atoms with Gasteiger partial charge >= 0.3 is 0 Å². The fourth-order valence-electron chi connectivity index (χ4n) is 2.26. The van der Waals surface area contributed by atoms with Gasteiger partial charge < -0.3 is 14.6 Å². The number of hydrogen-bond acceptors (Lipinski definition) is 3. The van der Waals surface area contributed by atoms with Crippen molar-refractivity contribution in [2.45, 2.75) is 26.7 Å². The minimum Gasteiger partial charge on any atom is -0.469 e. The summed E-state index contributed by atoms with van der Waals surface area (Å²) < 4.78 is 5.22. The van der Waals surface area contributed by atoms with Crippen molar-refractivity contribution in [3.05, 3.63) is 48.4 Å². The van der Waals surface area contributed by atoms with Crippen LogP contribution in [0, 0.1) is 0 Å². The van der Waals surface area contributed by atoms with E-state index in [9.17, 15) is 4.79 Å². The molecule has 4 heteroatoms. The van der Waals surface area contributed by atoms with Crippen molar-refractivity contribution >= 4 is 17.3 Å². The van der Waals surface area contributed by atoms with Gasteiger partial charge in [0.2, 0.25) is 5.91 Å². The molecule has 1 heterocycles. The lowest BCUT2D eigenvalue weighted by atomic mass is 10.2. The van der Waals surface area contributed by atoms with E-state index in [1.165, 1.54) is 5.69 Å². The van der Waals surface area contributed by atoms with Crippen molar-refractivity contribution in [2.24, 2.45) is 0 Å². The second-order valence-corrected chi connectivity index (χ2v) is 4.85. The van der Waals surface area contributed by atoms with Crippen LogP contribution in [-0.2, 0) is 11.2 Å². The smallest absolute Gasteiger partial charge is 0.224 e. The summed E-state index contributed by atoms with van der Waals surface area (Å²) in [6, 6.07) is 11.7. The lowest BCUT2D eigenvalue weighted by molar-refractivity contribution is -0.116. The summed E-state index contributed by atoms with van der Waals surface area (Å²) in [6.07, 6.45) is 2.67. The van der Waals surface area contributed by atoms with Gasteiger partial charge in [-0.3, -0.25) is 4.79 Å². The average molecular weight is 286 g/mol. The zero-order valence-corrected chi connectivity index (χ0v) is 12.6. The van der Waals surface area contributed by atoms with Crippen molar-refractivity contribution in [2.75, 3.05) is 23.3 Å². The zero-order valence-electron chi connectivity index (χ0n) is 12.6. The number of carbonyl (C=O) groups excluding carboxylic acids is 1. The summed E-state index contributed by atoms with van der Waals surface area (Å²) in [5.74, 6) is 0.837. The first-order chi connectivity index (χ1) is 10.2. The number of benzene rings is 1. The van der Waals surface area contributed by atoms with Crippen LogP contribution in [0.2, 0.25) is 0 Å². The third-order valence-corrected chi connectivity index (χ3v) is 3.46. The van der Waals surface area contributed by atoms with Crippen LogP contribution in [0.15, 0.2) is 47.1 Å². The first-order valence-corrected chi connectivity index (χ1v) is 7.40. The summed E-state index contributed by atoms with van der Waals surface area (Å²) >= 11 is 0. The Morgan fingerprint density at radius 3 is 2.43 bits per heavy atom. The number of nitrogens with zero attached hydrogens (tertiary/aromatic N) is 1. The van der Waals surface area contributed by atoms with E-state index in [4.69, 9.17) is 4.42 Å². The van der Waals surface area contributed by atoms with E-state index in [0.717, 1.165) is 24.5 Å². The summed E-state index contributed by atoms with van der Waals surface area (Å²) in [7, 11) is 0. The second kappa shape index (κ2) is 7.53. The molecule has 0 atom stereocenters. The molecule has 0 fully saturated rings. The fraction of sp³-hybridized carbons (Fsp3) is 0.353. The number of anilines is 2. The molecule has 0 unspecified atom stereocenters. The molecule has 1 N–H and O–H groups in total. The van der Waals surface area contributed by atoms with Crippen molar-refractivity contribution < 1.29 is 9.21 Å². The Bertz CT molecular complexity index is 543. The molecule has 1 aromatic carbocycles. The molecule has 1 aromatic heterocycles. The van der Waals surface area contributed by atoms with E-state index >= 15 is 0 Å². The Morgan fingerprint density at radius 1 is 1.14 bits per heavy atom. The molecular weight excluding hydrogens is 264 g/mol. The van der Waals surface area contributed by atoms with Crippen LogP contribution in [0.5, 0.6) is 0 Å². The molecule has 0 aliphatic rings. The normalized spacial score (nSPS) is 10.4. The maximum atomic E-state index is 11.9. The maximum absolute atomic E-state index is 11.9. The molecular formula is C17H22N2O2. The Morgan fingerprint density at radius 2 is 1.86 bits per heavy atom. The predicted octanol–water partition coefficient (Wildman–Crippen LogP) is 3.70. The molecule has 0 bridgehead atoms. The second-order valence-electron chi connectivity index (χ2n) is 4.85. The minimum atomic E-state index is 0.00184. The number of carbonyl (C=O) groups is 1. The SMILES string of the molecule is CCN(CC)c1ccc(NC(=O)CCc2ccco2)cc1. The molecule has 4 nitrogen and oxygen atoms in total. The highest BCUT2D eigenvalue weighted by Gasteiger charge is 2.06. The molecule has 0 saturated carbocycles. The van der Waals surface area contributed by atoms with Crippen molar-refractivity contribution in [3.63, 3.8) is 0 Å². The predicted molar refractivity (Wildman–Crippen MR) is 85.7 cm³/mol. The summed E-state index contributed by atoms with van der Waals surface area (Å²) in [6.45, 7) is 6.22. The molecule has 1 amide bonds. The fourth-order valence-corrected chi connectivity index (χ4v) is 2.26. The monoisotopic (exact) mass is 286 g/mol. The number of amides is 1. The van der Waals surface area contributed by atoms with Crippen LogP contribution in [0.1, 0.15) is 26.0 Å². The maximum Gasteiger partial charge on any atom is 0.224 e. The molecule has 0 spiro atoms. The molecule has 0 saturated heterocycles. The quantitative estimate of drug-likeness (QED) is 0.844. The van der Waals surface area contributed by atoms with Gasteiger partial charge in [0.25, 0.3) is 0 Å². The standard InChI is InChI=1S/C17H22N2O2/c1-3-19(4-2)15-9-7-14(8-10-15)18-17(20)12-11-16-6-5-13-21-16/h5-10,13H,3-4,11-12H2,1-2H3,(H,18,20). The topological polar surface area (TPSA) is 45.5 Å². The highest BCUT2D eigenvalue weighted by molar-refractivity contribution is 5.90. The van der Waals surface area contributed by atoms with Gasteiger partial charge in [0.15, 0.2) is 0 Å². The van der Waals surface area contributed by atoms with E-state index in [2.05, 4.69) is 24.1 Å². The van der Waals surface area contributed by atoms with E-state index in [1.807, 2.05) is 36.4 Å². The molecule has 0 radical (unpaired) electrons. The number of hydrogen-bond donors (Lipinski definition) is 1. The van der Waals surface area contributed by atoms with Crippen LogP contribution in [0.3, 0.4) is 0 Å². The lowest BCUT2D eigenvalue weighted by Crippen LogP contribution is -2.21. The van der Waals surface area contributed by atoms with Crippen LogP contribution in [-0.4, -0.2) is 19.0 Å². The van der Waals surface area contributed by atoms with Gasteiger partial charge in [-0.2, -0.15) is 0 Å². The van der Waals surface area contributed by atoms with E-state index in [-0.39, 0.29) is 5.91 Å². The van der Waals surface area contributed by atoms with Gasteiger partial charge in [0.05, 0.1) is 6.26 Å². The van der Waals surface area contributed by atoms with E-state index in [1.54, 1.807) is 6.26 Å². The number of aryl methyl sites for hydroxylation is 1. The first kappa shape index (κ1) is 15.2. The van der Waals surface area contributed by atoms with Crippen LogP contribution < -0.4 is 10.2 Å². The largest absolute Gasteiger partial charge is 0.469 e. The summed E-state index contributed by atoms with van der Waals surface area (Å²) in [5.41, 5.74) is 2.00. The van der Waals surface area contributed by atoms with Gasteiger partial charge in [-0.25, -0.2) is 0 Å². The molecule has 0 aliphatic heterocycles.